The summed E-state index contributed by atoms with van der Waals surface area (Å²) < 4.78 is 10.9. The van der Waals surface area contributed by atoms with E-state index < -0.39 is 0 Å². The Balaban J connectivity index is 1.51. The first-order valence-corrected chi connectivity index (χ1v) is 11.3. The molecule has 5 rings (SSSR count). The maximum Gasteiger partial charge on any atom is 0.267 e. The van der Waals surface area contributed by atoms with Gasteiger partial charge >= 0.3 is 0 Å². The van der Waals surface area contributed by atoms with E-state index in [1.165, 1.54) is 18.2 Å². The molecule has 2 atom stereocenters. The third kappa shape index (κ3) is 3.72. The van der Waals surface area contributed by atoms with Gasteiger partial charge in [0.15, 0.2) is 16.7 Å². The van der Waals surface area contributed by atoms with Crippen LogP contribution in [0.1, 0.15) is 38.2 Å². The molecule has 6 heteroatoms. The van der Waals surface area contributed by atoms with Crippen LogP contribution in [0.4, 0.5) is 5.69 Å². The van der Waals surface area contributed by atoms with Crippen LogP contribution in [-0.4, -0.2) is 28.8 Å². The van der Waals surface area contributed by atoms with E-state index in [0.717, 1.165) is 47.2 Å². The summed E-state index contributed by atoms with van der Waals surface area (Å²) in [6.45, 7) is 2.49. The highest BCUT2D eigenvalue weighted by Gasteiger charge is 2.41. The predicted molar refractivity (Wildman–Crippen MR) is 120 cm³/mol. The van der Waals surface area contributed by atoms with Crippen LogP contribution in [0.15, 0.2) is 58.4 Å². The first-order valence-electron chi connectivity index (χ1n) is 10.5. The number of carbonyl (C=O) groups excluding carboxylic acids is 1. The Hall–Kier alpha value is -2.73. The monoisotopic (exact) mass is 420 g/mol. The van der Waals surface area contributed by atoms with Crippen molar-refractivity contribution in [3.05, 3.63) is 59.0 Å². The number of rotatable bonds is 3. The fourth-order valence-electron chi connectivity index (χ4n) is 4.30. The summed E-state index contributed by atoms with van der Waals surface area (Å²) in [6, 6.07) is 15.8. The number of carbonyl (C=O) groups is 1. The Labute approximate surface area is 180 Å². The minimum absolute atomic E-state index is 0.0473. The maximum atomic E-state index is 13.5. The number of ether oxygens (including phenoxy) is 2. The molecule has 0 bridgehead atoms. The number of hydrogen-bond donors (Lipinski definition) is 0. The molecule has 0 N–H and O–H groups in total. The van der Waals surface area contributed by atoms with Gasteiger partial charge in [0.25, 0.3) is 5.91 Å². The lowest BCUT2D eigenvalue weighted by Crippen LogP contribution is -2.44. The molecule has 3 aliphatic rings. The number of para-hydroxylation sites is 1. The van der Waals surface area contributed by atoms with E-state index in [9.17, 15) is 4.79 Å². The molecule has 1 amide bonds. The van der Waals surface area contributed by atoms with Crippen LogP contribution in [0.5, 0.6) is 11.5 Å². The molecule has 0 aromatic heterocycles. The van der Waals surface area contributed by atoms with Gasteiger partial charge in [0.1, 0.15) is 0 Å². The number of hydrogen-bond acceptors (Lipinski definition) is 5. The van der Waals surface area contributed by atoms with Crippen LogP contribution in [0.3, 0.4) is 0 Å². The molecule has 154 valence electrons. The van der Waals surface area contributed by atoms with Crippen molar-refractivity contribution < 1.29 is 14.3 Å². The van der Waals surface area contributed by atoms with Crippen molar-refractivity contribution in [1.29, 1.82) is 0 Å². The van der Waals surface area contributed by atoms with E-state index in [0.29, 0.717) is 10.8 Å². The summed E-state index contributed by atoms with van der Waals surface area (Å²) >= 11 is 1.46. The highest BCUT2D eigenvalue weighted by molar-refractivity contribution is 8.18. The van der Waals surface area contributed by atoms with E-state index in [4.69, 9.17) is 14.5 Å². The number of benzene rings is 2. The molecule has 2 aliphatic heterocycles. The molecule has 30 heavy (non-hydrogen) atoms. The molecule has 2 aromatic carbocycles. The van der Waals surface area contributed by atoms with Crippen molar-refractivity contribution in [3.63, 3.8) is 0 Å². The summed E-state index contributed by atoms with van der Waals surface area (Å²) in [5, 5.41) is 0.775. The Morgan fingerprint density at radius 2 is 1.87 bits per heavy atom. The molecule has 0 spiro atoms. The molecule has 1 aliphatic carbocycles. The van der Waals surface area contributed by atoms with Gasteiger partial charge in [-0.05, 0) is 66.4 Å². The Bertz CT molecular complexity index is 1020. The lowest BCUT2D eigenvalue weighted by atomic mass is 9.85. The first kappa shape index (κ1) is 19.2. The van der Waals surface area contributed by atoms with E-state index in [-0.39, 0.29) is 18.7 Å². The van der Waals surface area contributed by atoms with E-state index in [1.54, 1.807) is 0 Å². The van der Waals surface area contributed by atoms with Crippen molar-refractivity contribution in [2.75, 3.05) is 6.79 Å². The largest absolute Gasteiger partial charge is 0.454 e. The van der Waals surface area contributed by atoms with Gasteiger partial charge in [-0.2, -0.15) is 0 Å². The number of aliphatic imine (C=N–C) groups is 1. The second kappa shape index (κ2) is 8.19. The number of amidine groups is 1. The van der Waals surface area contributed by atoms with Crippen molar-refractivity contribution >= 4 is 34.6 Å². The molecule has 1 saturated heterocycles. The molecule has 2 fully saturated rings. The summed E-state index contributed by atoms with van der Waals surface area (Å²) in [4.78, 5) is 21.0. The van der Waals surface area contributed by atoms with Crippen LogP contribution in [-0.2, 0) is 4.79 Å². The third-order valence-corrected chi connectivity index (χ3v) is 6.89. The number of fused-ring (bicyclic) bond motifs is 1. The summed E-state index contributed by atoms with van der Waals surface area (Å²) in [5.41, 5.74) is 1.79. The maximum absolute atomic E-state index is 13.5. The highest BCUT2D eigenvalue weighted by Crippen LogP contribution is 2.41. The topological polar surface area (TPSA) is 51.1 Å². The van der Waals surface area contributed by atoms with Crippen LogP contribution in [0.2, 0.25) is 0 Å². The molecule has 2 aromatic rings. The average molecular weight is 421 g/mol. The lowest BCUT2D eigenvalue weighted by molar-refractivity contribution is -0.124. The van der Waals surface area contributed by atoms with Gasteiger partial charge in [-0.25, -0.2) is 4.99 Å². The van der Waals surface area contributed by atoms with Gasteiger partial charge in [-0.3, -0.25) is 9.69 Å². The third-order valence-electron chi connectivity index (χ3n) is 5.91. The summed E-state index contributed by atoms with van der Waals surface area (Å²) in [6.07, 6.45) is 6.50. The Morgan fingerprint density at radius 3 is 2.70 bits per heavy atom. The summed E-state index contributed by atoms with van der Waals surface area (Å²) in [5.74, 6) is 1.97. The molecular formula is C24H24N2O3S. The fraction of sp³-hybridized carbons (Fsp3) is 0.333. The van der Waals surface area contributed by atoms with Crippen LogP contribution < -0.4 is 9.47 Å². The van der Waals surface area contributed by atoms with Gasteiger partial charge in [0, 0.05) is 6.04 Å². The zero-order valence-corrected chi connectivity index (χ0v) is 17.7. The zero-order valence-electron chi connectivity index (χ0n) is 16.9. The molecule has 2 heterocycles. The van der Waals surface area contributed by atoms with Crippen molar-refractivity contribution in [2.45, 2.75) is 38.6 Å². The second-order valence-corrected chi connectivity index (χ2v) is 8.97. The molecule has 0 radical (unpaired) electrons. The highest BCUT2D eigenvalue weighted by atomic mass is 32.2. The quantitative estimate of drug-likeness (QED) is 0.607. The number of thioether (sulfide) groups is 1. The minimum Gasteiger partial charge on any atom is -0.454 e. The lowest BCUT2D eigenvalue weighted by Gasteiger charge is -2.35. The molecule has 1 saturated carbocycles. The molecular weight excluding hydrogens is 396 g/mol. The average Bonchev–Trinajstić information content (AvgIpc) is 3.34. The van der Waals surface area contributed by atoms with E-state index in [1.807, 2.05) is 59.5 Å². The van der Waals surface area contributed by atoms with Crippen molar-refractivity contribution in [2.24, 2.45) is 10.9 Å². The van der Waals surface area contributed by atoms with Crippen LogP contribution in [0.25, 0.3) is 6.08 Å². The van der Waals surface area contributed by atoms with Gasteiger partial charge < -0.3 is 9.47 Å². The minimum atomic E-state index is 0.0473. The Kier molecular flexibility index (Phi) is 5.25. The predicted octanol–water partition coefficient (Wildman–Crippen LogP) is 5.60. The van der Waals surface area contributed by atoms with Crippen molar-refractivity contribution in [3.8, 4) is 11.5 Å². The SMILES string of the molecule is C[C@@H]1CCCC[C@@H]1N1C(=O)/C(=C/c2ccc3c(c2)OCO3)SC1=Nc1ccccc1. The van der Waals surface area contributed by atoms with Crippen LogP contribution in [0, 0.1) is 5.92 Å². The van der Waals surface area contributed by atoms with Crippen LogP contribution >= 0.6 is 11.8 Å². The second-order valence-electron chi connectivity index (χ2n) is 7.96. The normalized spacial score (nSPS) is 26.0. The molecule has 5 nitrogen and oxygen atoms in total. The van der Waals surface area contributed by atoms with Gasteiger partial charge in [-0.1, -0.05) is 44.0 Å². The van der Waals surface area contributed by atoms with Crippen molar-refractivity contribution in [1.82, 2.24) is 4.90 Å². The number of amides is 1. The zero-order chi connectivity index (χ0) is 20.5. The summed E-state index contributed by atoms with van der Waals surface area (Å²) in [7, 11) is 0. The van der Waals surface area contributed by atoms with E-state index >= 15 is 0 Å². The first-order chi connectivity index (χ1) is 14.7. The molecule has 0 unspecified atom stereocenters. The van der Waals surface area contributed by atoms with Gasteiger partial charge in [0.05, 0.1) is 10.6 Å². The smallest absolute Gasteiger partial charge is 0.267 e. The Morgan fingerprint density at radius 1 is 1.07 bits per heavy atom. The van der Waals surface area contributed by atoms with Gasteiger partial charge in [-0.15, -0.1) is 0 Å². The standard InChI is InChI=1S/C24H24N2O3S/c1-16-7-5-6-10-19(16)26-23(27)22(30-24(26)25-18-8-3-2-4-9-18)14-17-11-12-20-21(13-17)29-15-28-20/h2-4,8-9,11-14,16,19H,5-7,10,15H2,1H3/b22-14-,25-24?/t16-,19+/m1/s1. The van der Waals surface area contributed by atoms with E-state index in [2.05, 4.69) is 6.92 Å². The fourth-order valence-corrected chi connectivity index (χ4v) is 5.35. The van der Waals surface area contributed by atoms with Gasteiger partial charge in [0.2, 0.25) is 6.79 Å². The number of nitrogens with zero attached hydrogens (tertiary/aromatic N) is 2.